The number of aliphatic carboxylic acids is 1. The molecule has 0 aromatic heterocycles. The normalized spacial score (nSPS) is 27.1. The van der Waals surface area contributed by atoms with E-state index in [1.54, 1.807) is 4.90 Å². The first-order valence-corrected chi connectivity index (χ1v) is 7.16. The summed E-state index contributed by atoms with van der Waals surface area (Å²) < 4.78 is 5.06. The second kappa shape index (κ2) is 5.15. The van der Waals surface area contributed by atoms with Crippen LogP contribution in [-0.2, 0) is 20.7 Å². The first-order chi connectivity index (χ1) is 10.1. The molecule has 5 nitrogen and oxygen atoms in total. The quantitative estimate of drug-likeness (QED) is 0.906. The van der Waals surface area contributed by atoms with Gasteiger partial charge in [-0.25, -0.2) is 0 Å². The van der Waals surface area contributed by atoms with Gasteiger partial charge in [-0.1, -0.05) is 24.3 Å². The first kappa shape index (κ1) is 14.1. The molecule has 2 unspecified atom stereocenters. The molecule has 5 heteroatoms. The molecule has 2 aliphatic rings. The molecule has 1 aromatic carbocycles. The Balaban J connectivity index is 1.72. The lowest BCUT2D eigenvalue weighted by molar-refractivity contribution is -0.151. The van der Waals surface area contributed by atoms with Crippen LogP contribution in [0.15, 0.2) is 24.3 Å². The van der Waals surface area contributed by atoms with Gasteiger partial charge in [-0.15, -0.1) is 0 Å². The molecule has 21 heavy (non-hydrogen) atoms. The van der Waals surface area contributed by atoms with Gasteiger partial charge in [0.05, 0.1) is 12.5 Å². The second-order valence-electron chi connectivity index (χ2n) is 5.98. The van der Waals surface area contributed by atoms with E-state index in [0.717, 1.165) is 12.0 Å². The number of amides is 1. The predicted molar refractivity (Wildman–Crippen MR) is 76.0 cm³/mol. The lowest BCUT2D eigenvalue weighted by Gasteiger charge is -2.33. The SMILES string of the molecule is COCC1(C(=O)O)CCN(C(=O)C2Cc3ccccc32)C1. The summed E-state index contributed by atoms with van der Waals surface area (Å²) in [6, 6.07) is 7.94. The number of hydrogen-bond acceptors (Lipinski definition) is 3. The van der Waals surface area contributed by atoms with Gasteiger partial charge in [0.25, 0.3) is 0 Å². The van der Waals surface area contributed by atoms with Crippen molar-refractivity contribution in [2.75, 3.05) is 26.8 Å². The van der Waals surface area contributed by atoms with E-state index in [4.69, 9.17) is 4.74 Å². The van der Waals surface area contributed by atoms with E-state index < -0.39 is 11.4 Å². The van der Waals surface area contributed by atoms with Crippen LogP contribution in [0.3, 0.4) is 0 Å². The Morgan fingerprint density at radius 3 is 2.86 bits per heavy atom. The molecule has 1 fully saturated rings. The average Bonchev–Trinajstić information content (AvgIpc) is 2.86. The number of carboxylic acid groups (broad SMARTS) is 1. The van der Waals surface area contributed by atoms with Crippen molar-refractivity contribution in [3.63, 3.8) is 0 Å². The molecule has 1 heterocycles. The van der Waals surface area contributed by atoms with Gasteiger partial charge < -0.3 is 14.7 Å². The van der Waals surface area contributed by atoms with Crippen LogP contribution in [0.5, 0.6) is 0 Å². The van der Waals surface area contributed by atoms with E-state index >= 15 is 0 Å². The third-order valence-electron chi connectivity index (χ3n) is 4.69. The zero-order valence-electron chi connectivity index (χ0n) is 12.0. The average molecular weight is 289 g/mol. The number of rotatable bonds is 4. The standard InChI is InChI=1S/C16H19NO4/c1-21-10-16(15(19)20)6-7-17(9-16)14(18)13-8-11-4-2-3-5-12(11)13/h2-5,13H,6-10H2,1H3,(H,19,20). The smallest absolute Gasteiger partial charge is 0.313 e. The van der Waals surface area contributed by atoms with Crippen molar-refractivity contribution in [3.05, 3.63) is 35.4 Å². The number of benzene rings is 1. The van der Waals surface area contributed by atoms with E-state index in [2.05, 4.69) is 0 Å². The number of fused-ring (bicyclic) bond motifs is 1. The summed E-state index contributed by atoms with van der Waals surface area (Å²) in [5.74, 6) is -0.935. The minimum Gasteiger partial charge on any atom is -0.481 e. The maximum absolute atomic E-state index is 12.6. The molecule has 1 amide bonds. The molecular weight excluding hydrogens is 270 g/mol. The largest absolute Gasteiger partial charge is 0.481 e. The number of nitrogens with zero attached hydrogens (tertiary/aromatic N) is 1. The van der Waals surface area contributed by atoms with Crippen LogP contribution in [0.25, 0.3) is 0 Å². The maximum atomic E-state index is 12.6. The summed E-state index contributed by atoms with van der Waals surface area (Å²) in [6.45, 7) is 0.883. The van der Waals surface area contributed by atoms with Crippen LogP contribution in [0, 0.1) is 5.41 Å². The Labute approximate surface area is 123 Å². The number of carbonyl (C=O) groups excluding carboxylic acids is 1. The summed E-state index contributed by atoms with van der Waals surface area (Å²) in [4.78, 5) is 25.8. The molecule has 1 aliphatic carbocycles. The Bertz CT molecular complexity index is 585. The molecule has 1 N–H and O–H groups in total. The van der Waals surface area contributed by atoms with Crippen LogP contribution in [0.4, 0.5) is 0 Å². The van der Waals surface area contributed by atoms with E-state index in [1.165, 1.54) is 12.7 Å². The van der Waals surface area contributed by atoms with Gasteiger partial charge >= 0.3 is 5.97 Å². The van der Waals surface area contributed by atoms with Crippen LogP contribution >= 0.6 is 0 Å². The zero-order valence-corrected chi connectivity index (χ0v) is 12.0. The monoisotopic (exact) mass is 289 g/mol. The highest BCUT2D eigenvalue weighted by molar-refractivity contribution is 5.88. The van der Waals surface area contributed by atoms with Crippen molar-refractivity contribution in [2.24, 2.45) is 5.41 Å². The number of carboxylic acids is 1. The molecule has 0 saturated carbocycles. The van der Waals surface area contributed by atoms with E-state index in [0.29, 0.717) is 13.0 Å². The number of ether oxygens (including phenoxy) is 1. The summed E-state index contributed by atoms with van der Waals surface area (Å²) in [6.07, 6.45) is 1.21. The number of carbonyl (C=O) groups is 2. The van der Waals surface area contributed by atoms with Gasteiger partial charge in [0.15, 0.2) is 0 Å². The van der Waals surface area contributed by atoms with Gasteiger partial charge in [0.2, 0.25) is 5.91 Å². The Hall–Kier alpha value is -1.88. The van der Waals surface area contributed by atoms with Crippen molar-refractivity contribution in [2.45, 2.75) is 18.8 Å². The summed E-state index contributed by atoms with van der Waals surface area (Å²) >= 11 is 0. The van der Waals surface area contributed by atoms with Crippen LogP contribution in [0.2, 0.25) is 0 Å². The second-order valence-corrected chi connectivity index (χ2v) is 5.98. The minimum absolute atomic E-state index is 0.0490. The third kappa shape index (κ3) is 2.21. The predicted octanol–water partition coefficient (Wildman–Crippen LogP) is 1.28. The van der Waals surface area contributed by atoms with Gasteiger partial charge in [-0.2, -0.15) is 0 Å². The Kier molecular flexibility index (Phi) is 3.45. The summed E-state index contributed by atoms with van der Waals surface area (Å²) in [5, 5.41) is 9.44. The highest BCUT2D eigenvalue weighted by atomic mass is 16.5. The molecule has 3 rings (SSSR count). The number of methoxy groups -OCH3 is 1. The molecule has 1 aromatic rings. The molecule has 112 valence electrons. The summed E-state index contributed by atoms with van der Waals surface area (Å²) in [7, 11) is 1.50. The zero-order chi connectivity index (χ0) is 15.0. The van der Waals surface area contributed by atoms with Crippen molar-refractivity contribution in [3.8, 4) is 0 Å². The third-order valence-corrected chi connectivity index (χ3v) is 4.69. The number of hydrogen-bond donors (Lipinski definition) is 1. The Morgan fingerprint density at radius 1 is 1.43 bits per heavy atom. The highest BCUT2D eigenvalue weighted by Crippen LogP contribution is 2.39. The summed E-state index contributed by atoms with van der Waals surface area (Å²) in [5.41, 5.74) is 1.35. The van der Waals surface area contributed by atoms with Crippen molar-refractivity contribution in [1.82, 2.24) is 4.90 Å². The van der Waals surface area contributed by atoms with E-state index in [9.17, 15) is 14.7 Å². The van der Waals surface area contributed by atoms with Gasteiger partial charge in [0.1, 0.15) is 5.41 Å². The molecule has 0 bridgehead atoms. The number of likely N-dealkylation sites (tertiary alicyclic amines) is 1. The van der Waals surface area contributed by atoms with E-state index in [-0.39, 0.29) is 25.0 Å². The molecule has 0 radical (unpaired) electrons. The Morgan fingerprint density at radius 2 is 2.19 bits per heavy atom. The fourth-order valence-corrected chi connectivity index (χ4v) is 3.39. The highest BCUT2D eigenvalue weighted by Gasteiger charge is 2.48. The molecule has 2 atom stereocenters. The van der Waals surface area contributed by atoms with Gasteiger partial charge in [-0.3, -0.25) is 9.59 Å². The lowest BCUT2D eigenvalue weighted by atomic mass is 9.77. The molecule has 1 aliphatic heterocycles. The molecular formula is C16H19NO4. The lowest BCUT2D eigenvalue weighted by Crippen LogP contribution is -2.43. The first-order valence-electron chi connectivity index (χ1n) is 7.16. The minimum atomic E-state index is -0.951. The van der Waals surface area contributed by atoms with Crippen LogP contribution < -0.4 is 0 Å². The maximum Gasteiger partial charge on any atom is 0.313 e. The fourth-order valence-electron chi connectivity index (χ4n) is 3.39. The van der Waals surface area contributed by atoms with Gasteiger partial charge in [-0.05, 0) is 24.0 Å². The topological polar surface area (TPSA) is 66.8 Å². The van der Waals surface area contributed by atoms with Crippen molar-refractivity contribution < 1.29 is 19.4 Å². The molecule has 0 spiro atoms. The van der Waals surface area contributed by atoms with E-state index in [1.807, 2.05) is 24.3 Å². The van der Waals surface area contributed by atoms with Crippen LogP contribution in [-0.4, -0.2) is 48.7 Å². The fraction of sp³-hybridized carbons (Fsp3) is 0.500. The van der Waals surface area contributed by atoms with Gasteiger partial charge in [0, 0.05) is 20.2 Å². The van der Waals surface area contributed by atoms with Crippen molar-refractivity contribution >= 4 is 11.9 Å². The molecule has 1 saturated heterocycles. The van der Waals surface area contributed by atoms with Crippen molar-refractivity contribution in [1.29, 1.82) is 0 Å². The van der Waals surface area contributed by atoms with Crippen LogP contribution in [0.1, 0.15) is 23.5 Å².